The van der Waals surface area contributed by atoms with E-state index in [0.29, 0.717) is 12.5 Å². The number of benzene rings is 1. The second-order valence-corrected chi connectivity index (χ2v) is 4.14. The number of fused-ring (bicyclic) bond motifs is 1. The summed E-state index contributed by atoms with van der Waals surface area (Å²) in [5.41, 5.74) is 7.43. The number of halogens is 1. The summed E-state index contributed by atoms with van der Waals surface area (Å²) in [7, 11) is 1.88. The number of anilines is 1. The van der Waals surface area contributed by atoms with Gasteiger partial charge in [0.25, 0.3) is 0 Å². The molecule has 0 saturated heterocycles. The van der Waals surface area contributed by atoms with E-state index in [1.54, 1.807) is 0 Å². The van der Waals surface area contributed by atoms with Crippen LogP contribution >= 0.6 is 15.9 Å². The Hall–Kier alpha value is -1.20. The molecule has 3 N–H and O–H groups in total. The molecule has 0 spiro atoms. The smallest absolute Gasteiger partial charge is 0.220 e. The van der Waals surface area contributed by atoms with Crippen molar-refractivity contribution in [2.24, 2.45) is 0 Å². The second-order valence-electron chi connectivity index (χ2n) is 3.22. The number of rotatable bonds is 2. The first-order valence-electron chi connectivity index (χ1n) is 4.57. The molecule has 1 heterocycles. The molecule has 0 saturated carbocycles. The molecule has 0 unspecified atom stereocenters. The molecule has 5 heteroatoms. The van der Waals surface area contributed by atoms with E-state index in [9.17, 15) is 0 Å². The maximum absolute atomic E-state index is 5.64. The van der Waals surface area contributed by atoms with Crippen LogP contribution in [0.4, 0.5) is 5.95 Å². The minimum atomic E-state index is 0.311. The van der Waals surface area contributed by atoms with Crippen LogP contribution in [0.25, 0.3) is 10.9 Å². The monoisotopic (exact) mass is 266 g/mol. The fourth-order valence-electron chi connectivity index (χ4n) is 1.49. The summed E-state index contributed by atoms with van der Waals surface area (Å²) in [5.74, 6) is 0.311. The topological polar surface area (TPSA) is 63.8 Å². The molecule has 0 aliphatic heterocycles. The van der Waals surface area contributed by atoms with Crippen LogP contribution in [0.3, 0.4) is 0 Å². The molecule has 0 amide bonds. The van der Waals surface area contributed by atoms with Crippen molar-refractivity contribution in [3.8, 4) is 0 Å². The van der Waals surface area contributed by atoms with E-state index in [1.165, 1.54) is 0 Å². The Morgan fingerprint density at radius 1 is 1.40 bits per heavy atom. The van der Waals surface area contributed by atoms with Crippen molar-refractivity contribution in [2.75, 3.05) is 12.8 Å². The van der Waals surface area contributed by atoms with Gasteiger partial charge in [-0.25, -0.2) is 9.97 Å². The molecule has 15 heavy (non-hydrogen) atoms. The predicted octanol–water partition coefficient (Wildman–Crippen LogP) is 1.69. The van der Waals surface area contributed by atoms with Crippen LogP contribution < -0.4 is 11.1 Å². The van der Waals surface area contributed by atoms with Crippen molar-refractivity contribution in [3.05, 3.63) is 28.4 Å². The highest BCUT2D eigenvalue weighted by Gasteiger charge is 2.05. The molecule has 0 fully saturated rings. The second kappa shape index (κ2) is 4.12. The lowest BCUT2D eigenvalue weighted by Crippen LogP contribution is -2.09. The third-order valence-electron chi connectivity index (χ3n) is 2.10. The van der Waals surface area contributed by atoms with Crippen LogP contribution in [0.5, 0.6) is 0 Å². The average Bonchev–Trinajstić information content (AvgIpc) is 2.17. The number of nitrogens with one attached hydrogen (secondary N) is 1. The summed E-state index contributed by atoms with van der Waals surface area (Å²) < 4.78 is 0.989. The van der Waals surface area contributed by atoms with Gasteiger partial charge in [0, 0.05) is 16.4 Å². The molecule has 78 valence electrons. The Balaban J connectivity index is 2.68. The SMILES string of the molecule is CNCc1nc(N)nc2cc(Br)ccc12. The van der Waals surface area contributed by atoms with Crippen molar-refractivity contribution in [3.63, 3.8) is 0 Å². The van der Waals surface area contributed by atoms with Gasteiger partial charge < -0.3 is 11.1 Å². The molecule has 1 aromatic heterocycles. The van der Waals surface area contributed by atoms with Crippen LogP contribution in [0.15, 0.2) is 22.7 Å². The van der Waals surface area contributed by atoms with Crippen molar-refractivity contribution in [1.82, 2.24) is 15.3 Å². The highest BCUT2D eigenvalue weighted by Crippen LogP contribution is 2.21. The van der Waals surface area contributed by atoms with E-state index in [4.69, 9.17) is 5.73 Å². The predicted molar refractivity (Wildman–Crippen MR) is 64.4 cm³/mol. The molecule has 0 aliphatic rings. The molecule has 2 rings (SSSR count). The van der Waals surface area contributed by atoms with Crippen LogP contribution in [0, 0.1) is 0 Å². The zero-order chi connectivity index (χ0) is 10.8. The van der Waals surface area contributed by atoms with E-state index >= 15 is 0 Å². The fraction of sp³-hybridized carbons (Fsp3) is 0.200. The quantitative estimate of drug-likeness (QED) is 0.869. The molecule has 1 aromatic carbocycles. The van der Waals surface area contributed by atoms with Gasteiger partial charge in [-0.2, -0.15) is 0 Å². The Labute approximate surface area is 96.0 Å². The summed E-state index contributed by atoms with van der Waals surface area (Å²) in [5, 5.41) is 4.09. The van der Waals surface area contributed by atoms with Gasteiger partial charge in [0.2, 0.25) is 5.95 Å². The Morgan fingerprint density at radius 3 is 2.93 bits per heavy atom. The molecular formula is C10H11BrN4. The van der Waals surface area contributed by atoms with Gasteiger partial charge in [-0.3, -0.25) is 0 Å². The third kappa shape index (κ3) is 2.08. The van der Waals surface area contributed by atoms with Gasteiger partial charge in [-0.15, -0.1) is 0 Å². The standard InChI is InChI=1S/C10H11BrN4/c1-13-5-9-7-3-2-6(11)4-8(7)14-10(12)15-9/h2-4,13H,5H2,1H3,(H2,12,14,15). The van der Waals surface area contributed by atoms with Gasteiger partial charge in [-0.1, -0.05) is 15.9 Å². The first-order valence-corrected chi connectivity index (χ1v) is 5.36. The zero-order valence-corrected chi connectivity index (χ0v) is 9.87. The molecule has 0 radical (unpaired) electrons. The summed E-state index contributed by atoms with van der Waals surface area (Å²) in [6.07, 6.45) is 0. The van der Waals surface area contributed by atoms with Crippen molar-refractivity contribution >= 4 is 32.8 Å². The molecule has 0 atom stereocenters. The number of hydrogen-bond acceptors (Lipinski definition) is 4. The number of nitrogens with zero attached hydrogens (tertiary/aromatic N) is 2. The number of nitrogens with two attached hydrogens (primary N) is 1. The summed E-state index contributed by atoms with van der Waals surface area (Å²) >= 11 is 3.40. The maximum Gasteiger partial charge on any atom is 0.220 e. The van der Waals surface area contributed by atoms with Crippen molar-refractivity contribution in [2.45, 2.75) is 6.54 Å². The first kappa shape index (κ1) is 10.3. The van der Waals surface area contributed by atoms with Gasteiger partial charge in [0.1, 0.15) is 0 Å². The lowest BCUT2D eigenvalue weighted by atomic mass is 10.2. The fourth-order valence-corrected chi connectivity index (χ4v) is 1.84. The zero-order valence-electron chi connectivity index (χ0n) is 8.29. The molecule has 0 bridgehead atoms. The molecule has 4 nitrogen and oxygen atoms in total. The van der Waals surface area contributed by atoms with Gasteiger partial charge >= 0.3 is 0 Å². The minimum Gasteiger partial charge on any atom is -0.368 e. The number of nitrogen functional groups attached to an aromatic ring is 1. The summed E-state index contributed by atoms with van der Waals surface area (Å²) in [6.45, 7) is 0.685. The molecule has 2 aromatic rings. The van der Waals surface area contributed by atoms with E-state index in [0.717, 1.165) is 21.1 Å². The normalized spacial score (nSPS) is 10.8. The summed E-state index contributed by atoms with van der Waals surface area (Å²) in [6, 6.07) is 5.90. The maximum atomic E-state index is 5.64. The Kier molecular flexibility index (Phi) is 2.83. The average molecular weight is 267 g/mol. The van der Waals surface area contributed by atoms with Crippen LogP contribution in [0.2, 0.25) is 0 Å². The van der Waals surface area contributed by atoms with Crippen molar-refractivity contribution < 1.29 is 0 Å². The lowest BCUT2D eigenvalue weighted by molar-refractivity contribution is 0.797. The van der Waals surface area contributed by atoms with Gasteiger partial charge in [0.15, 0.2) is 0 Å². The highest BCUT2D eigenvalue weighted by molar-refractivity contribution is 9.10. The Bertz CT molecular complexity index is 493. The van der Waals surface area contributed by atoms with Gasteiger partial charge in [0.05, 0.1) is 11.2 Å². The van der Waals surface area contributed by atoms with Crippen LogP contribution in [0.1, 0.15) is 5.69 Å². The van der Waals surface area contributed by atoms with Crippen LogP contribution in [-0.2, 0) is 6.54 Å². The molecular weight excluding hydrogens is 256 g/mol. The van der Waals surface area contributed by atoms with Crippen LogP contribution in [-0.4, -0.2) is 17.0 Å². The summed E-state index contributed by atoms with van der Waals surface area (Å²) in [4.78, 5) is 8.40. The van der Waals surface area contributed by atoms with E-state index < -0.39 is 0 Å². The number of aromatic nitrogens is 2. The minimum absolute atomic E-state index is 0.311. The van der Waals surface area contributed by atoms with Gasteiger partial charge in [-0.05, 0) is 25.2 Å². The number of hydrogen-bond donors (Lipinski definition) is 2. The highest BCUT2D eigenvalue weighted by atomic mass is 79.9. The third-order valence-corrected chi connectivity index (χ3v) is 2.59. The van der Waals surface area contributed by atoms with E-state index in [2.05, 4.69) is 31.2 Å². The Morgan fingerprint density at radius 2 is 2.20 bits per heavy atom. The first-order chi connectivity index (χ1) is 7.20. The molecule has 0 aliphatic carbocycles. The van der Waals surface area contributed by atoms with E-state index in [-0.39, 0.29) is 0 Å². The lowest BCUT2D eigenvalue weighted by Gasteiger charge is -2.06. The van der Waals surface area contributed by atoms with E-state index in [1.807, 2.05) is 25.2 Å². The van der Waals surface area contributed by atoms with Crippen molar-refractivity contribution in [1.29, 1.82) is 0 Å². The largest absolute Gasteiger partial charge is 0.368 e.